The van der Waals surface area contributed by atoms with Gasteiger partial charge in [-0.25, -0.2) is 49.8 Å². The van der Waals surface area contributed by atoms with E-state index in [-0.39, 0.29) is 66.4 Å². The molecule has 7 aromatic heterocycles. The Morgan fingerprint density at radius 3 is 0.495 bits per heavy atom. The van der Waals surface area contributed by atoms with Gasteiger partial charge in [0, 0.05) is 44.8 Å². The molecule has 4 aromatic carbocycles. The van der Waals surface area contributed by atoms with Gasteiger partial charge >= 0.3 is 23.1 Å². The topological polar surface area (TPSA) is 209 Å². The normalized spacial score (nSPS) is 13.6. The van der Waals surface area contributed by atoms with Crippen LogP contribution in [0.1, 0.15) is 212 Å². The largest absolute Gasteiger partial charge is 2.00 e. The van der Waals surface area contributed by atoms with Crippen LogP contribution >= 0.6 is 0 Å². The molecule has 17 heteroatoms. The predicted molar refractivity (Wildman–Crippen MR) is 397 cm³/mol. The first-order chi connectivity index (χ1) is 44.4. The van der Waals surface area contributed by atoms with E-state index in [1.165, 1.54) is 0 Å². The maximum atomic E-state index is 5.55. The summed E-state index contributed by atoms with van der Waals surface area (Å²) in [7, 11) is 0. The van der Waals surface area contributed by atoms with Gasteiger partial charge in [-0.2, -0.15) is 0 Å². The van der Waals surface area contributed by atoms with Gasteiger partial charge in [-0.15, -0.1) is 0 Å². The Labute approximate surface area is 587 Å². The van der Waals surface area contributed by atoms with E-state index in [1.54, 1.807) is 0 Å². The Morgan fingerprint density at radius 1 is 0.206 bits per heavy atom. The maximum Gasteiger partial charge on any atom is 2.00 e. The van der Waals surface area contributed by atoms with Gasteiger partial charge < -0.3 is 29.9 Å². The summed E-state index contributed by atoms with van der Waals surface area (Å²) in [6, 6.07) is 16.6. The average molecular weight is 1310 g/mol. The number of hydrogen-bond donors (Lipinski definition) is 0. The van der Waals surface area contributed by atoms with Crippen LogP contribution in [0.2, 0.25) is 0 Å². The third-order valence-corrected chi connectivity index (χ3v) is 17.0. The van der Waals surface area contributed by atoms with Crippen molar-refractivity contribution in [1.82, 2.24) is 79.7 Å². The molecule has 0 radical (unpaired) electrons. The fourth-order valence-corrected chi connectivity index (χ4v) is 13.3. The van der Waals surface area contributed by atoms with Crippen LogP contribution in [-0.2, 0) is 51.4 Å². The van der Waals surface area contributed by atoms with Crippen molar-refractivity contribution < 1.29 is 0 Å². The number of nitrogens with zero attached hydrogens (tertiary/aromatic N) is 16. The first-order valence-electron chi connectivity index (χ1n) is 34.4. The van der Waals surface area contributed by atoms with Crippen LogP contribution in [0.5, 0.6) is 0 Å². The molecule has 498 valence electrons. The molecule has 0 saturated heterocycles. The molecular weight excluding hydrogens is 1210 g/mol. The van der Waals surface area contributed by atoms with Crippen LogP contribution in [-0.4, -0.2) is 92.8 Å². The third kappa shape index (κ3) is 15.2. The minimum atomic E-state index is -0.0438. The monoisotopic (exact) mass is 1300 g/mol. The molecule has 16 nitrogen and oxygen atoms in total. The fraction of sp³-hybridized carbons (Fsp3) is 0.500. The van der Waals surface area contributed by atoms with Crippen LogP contribution in [0.4, 0.5) is 0 Å². The van der Waals surface area contributed by atoms with Crippen LogP contribution in [0.3, 0.4) is 0 Å². The van der Waals surface area contributed by atoms with Crippen LogP contribution < -0.4 is 9.97 Å². The molecule has 13 rings (SSSR count). The minimum Gasteiger partial charge on any atom is -0.357 e. The first-order valence-corrected chi connectivity index (χ1v) is 34.4. The van der Waals surface area contributed by atoms with Crippen molar-refractivity contribution in [3.63, 3.8) is 0 Å². The Morgan fingerprint density at radius 2 is 0.351 bits per heavy atom. The summed E-state index contributed by atoms with van der Waals surface area (Å²) in [5.74, 6) is 1.66. The van der Waals surface area contributed by atoms with Crippen molar-refractivity contribution in [2.75, 3.05) is 0 Å². The summed E-state index contributed by atoms with van der Waals surface area (Å²) in [6.45, 7) is 54.0. The standard InChI is InChI=1S/C80H96N16.Mg/c1-73(2,3)33-57-58(34-74(4,5)6)82-50-26-42-41(25-49(50)81-57)65-89-66(42)94-68-45-29-53-54(86-62(38-78(16,17)18)61(85-53)37-77(13,14)15)30-46(45)70(91-68)96-72-48-32-56-55(87-63(39-79(19,20)21)64(88-56)40-80(22,23)24)31-47(48)71(92-72)95-69-44-28-52-51(27-43(44)67(90-69)93-65)83-59(35-75(7,8)9)60(84-52)36-76(10,11)12;/h25-32H,33-40H2,1-24H3;/q-2;+2. The summed E-state index contributed by atoms with van der Waals surface area (Å²) in [6.07, 6.45) is 6.04. The molecule has 0 saturated carbocycles. The Kier molecular flexibility index (Phi) is 17.0. The zero-order valence-electron chi connectivity index (χ0n) is 62.1. The van der Waals surface area contributed by atoms with E-state index in [0.29, 0.717) is 45.9 Å². The van der Waals surface area contributed by atoms with Gasteiger partial charge in [0.1, 0.15) is 0 Å². The zero-order chi connectivity index (χ0) is 69.1. The SMILES string of the molecule is CC(C)(C)Cc1nc2cc3c(cc2nc1CC(C)(C)C)-c1nc-3nc2[n-]c(nc3nc(nc4[n-]c(n1)c1cc5nc(CC(C)(C)C)c(CC(C)(C)C)nc5cc41)-c1cc4nc(CC(C)(C)C)c(CC(C)(C)C)nc4cc1-3)c1cc3nc(CC(C)(C)C)c(CC(C)(C)C)nc3cc21.[Mg+2]. The van der Waals surface area contributed by atoms with Crippen LogP contribution in [0.15, 0.2) is 48.5 Å². The number of hydrogen-bond acceptors (Lipinski definition) is 14. The third-order valence-electron chi connectivity index (χ3n) is 17.0. The van der Waals surface area contributed by atoms with Crippen LogP contribution in [0, 0.1) is 43.3 Å². The zero-order valence-corrected chi connectivity index (χ0v) is 63.6. The molecule has 2 aliphatic heterocycles. The van der Waals surface area contributed by atoms with Crippen molar-refractivity contribution in [2.24, 2.45) is 43.3 Å². The maximum absolute atomic E-state index is 5.55. The van der Waals surface area contributed by atoms with Gasteiger partial charge in [0.2, 0.25) is 0 Å². The molecule has 11 aromatic rings. The molecule has 0 spiro atoms. The molecule has 0 N–H and O–H groups in total. The number of fused-ring (bicyclic) bond motifs is 24. The number of aromatic nitrogens is 16. The van der Waals surface area contributed by atoms with Gasteiger partial charge in [-0.1, -0.05) is 166 Å². The van der Waals surface area contributed by atoms with E-state index in [9.17, 15) is 0 Å². The molecule has 8 bridgehead atoms. The summed E-state index contributed by atoms with van der Waals surface area (Å²) in [5, 5.41) is 2.97. The summed E-state index contributed by atoms with van der Waals surface area (Å²) in [4.78, 5) is 87.9. The van der Waals surface area contributed by atoms with E-state index in [0.717, 1.165) is 185 Å². The molecule has 0 unspecified atom stereocenters. The fourth-order valence-electron chi connectivity index (χ4n) is 13.3. The van der Waals surface area contributed by atoms with E-state index < -0.39 is 0 Å². The van der Waals surface area contributed by atoms with Gasteiger partial charge in [0.25, 0.3) is 0 Å². The minimum absolute atomic E-state index is 0. The van der Waals surface area contributed by atoms with Gasteiger partial charge in [0.05, 0.1) is 113 Å². The Bertz CT molecular complexity index is 4570. The van der Waals surface area contributed by atoms with Gasteiger partial charge in [-0.05, 0) is 165 Å². The van der Waals surface area contributed by atoms with Crippen molar-refractivity contribution >= 4 is 111 Å². The van der Waals surface area contributed by atoms with E-state index in [4.69, 9.17) is 79.7 Å². The van der Waals surface area contributed by atoms with Crippen molar-refractivity contribution in [1.29, 1.82) is 0 Å². The Balaban J connectivity index is 0.00000897. The molecular formula is C80H96MgN16. The van der Waals surface area contributed by atoms with Crippen LogP contribution in [0.25, 0.3) is 134 Å². The molecule has 2 aliphatic rings. The average Bonchev–Trinajstić information content (AvgIpc) is 1.65. The molecule has 97 heavy (non-hydrogen) atoms. The van der Waals surface area contributed by atoms with Gasteiger partial charge in [0.15, 0.2) is 0 Å². The first kappa shape index (κ1) is 69.3. The molecule has 0 fully saturated rings. The molecule has 0 aliphatic carbocycles. The molecule has 0 atom stereocenters. The second-order valence-electron chi connectivity index (χ2n) is 37.4. The van der Waals surface area contributed by atoms with E-state index in [1.807, 2.05) is 0 Å². The van der Waals surface area contributed by atoms with Crippen molar-refractivity contribution in [3.05, 3.63) is 94.1 Å². The summed E-state index contributed by atoms with van der Waals surface area (Å²) < 4.78 is 0. The smallest absolute Gasteiger partial charge is 0.357 e. The van der Waals surface area contributed by atoms with E-state index in [2.05, 4.69) is 215 Å². The van der Waals surface area contributed by atoms with Gasteiger partial charge in [-0.3, -0.25) is 0 Å². The predicted octanol–water partition coefficient (Wildman–Crippen LogP) is 18.2. The molecule has 9 heterocycles. The summed E-state index contributed by atoms with van der Waals surface area (Å²) >= 11 is 0. The second-order valence-corrected chi connectivity index (χ2v) is 37.4. The quantitative estimate of drug-likeness (QED) is 0.130. The second kappa shape index (κ2) is 23.8. The number of rotatable bonds is 8. The Hall–Kier alpha value is -7.63. The van der Waals surface area contributed by atoms with Crippen molar-refractivity contribution in [3.8, 4) is 45.6 Å². The summed E-state index contributed by atoms with van der Waals surface area (Å²) in [5.41, 5.74) is 18.1. The number of benzene rings is 4. The van der Waals surface area contributed by atoms with E-state index >= 15 is 0 Å². The molecule has 0 amide bonds. The van der Waals surface area contributed by atoms with Crippen molar-refractivity contribution in [2.45, 2.75) is 218 Å².